The molecule has 5 heteroatoms. The Balaban J connectivity index is 0.000000229. The van der Waals surface area contributed by atoms with Gasteiger partial charge >= 0.3 is 11.9 Å². The molecule has 0 spiro atoms. The van der Waals surface area contributed by atoms with Gasteiger partial charge in [0.05, 0.1) is 25.5 Å². The van der Waals surface area contributed by atoms with Crippen LogP contribution in [0.4, 0.5) is 0 Å². The number of benzene rings is 3. The molecule has 4 rings (SSSR count). The van der Waals surface area contributed by atoms with Gasteiger partial charge in [-0.2, -0.15) is 0 Å². The number of rotatable bonds is 4. The predicted molar refractivity (Wildman–Crippen MR) is 111 cm³/mol. The molecule has 0 unspecified atom stereocenters. The van der Waals surface area contributed by atoms with E-state index in [1.807, 2.05) is 18.2 Å². The number of hydrogen-bond acceptors (Lipinski definition) is 4. The minimum atomic E-state index is -0.986. The van der Waals surface area contributed by atoms with E-state index in [1.165, 1.54) is 29.4 Å². The van der Waals surface area contributed by atoms with Crippen LogP contribution in [0.5, 0.6) is 0 Å². The van der Waals surface area contributed by atoms with Crippen LogP contribution in [0.1, 0.15) is 29.5 Å². The number of methoxy groups -OCH3 is 1. The highest BCUT2D eigenvalue weighted by Crippen LogP contribution is 2.48. The zero-order valence-corrected chi connectivity index (χ0v) is 16.2. The molecule has 0 aromatic heterocycles. The Hall–Kier alpha value is -3.44. The van der Waals surface area contributed by atoms with Gasteiger partial charge in [-0.25, -0.2) is 0 Å². The van der Waals surface area contributed by atoms with Crippen molar-refractivity contribution < 1.29 is 19.4 Å². The van der Waals surface area contributed by atoms with E-state index in [4.69, 9.17) is 10.8 Å². The predicted octanol–water partition coefficient (Wildman–Crippen LogP) is 3.94. The van der Waals surface area contributed by atoms with E-state index in [1.54, 1.807) is 0 Å². The average Bonchev–Trinajstić information content (AvgIpc) is 3.03. The number of carboxylic acids is 1. The molecule has 0 radical (unpaired) electrons. The molecule has 0 atom stereocenters. The fourth-order valence-electron chi connectivity index (χ4n) is 3.59. The Morgan fingerprint density at radius 1 is 0.828 bits per heavy atom. The molecule has 5 nitrogen and oxygen atoms in total. The summed E-state index contributed by atoms with van der Waals surface area (Å²) in [6, 6.07) is 27.2. The molecule has 1 aliphatic carbocycles. The lowest BCUT2D eigenvalue weighted by Gasteiger charge is -2.27. The van der Waals surface area contributed by atoms with E-state index in [0.29, 0.717) is 0 Å². The van der Waals surface area contributed by atoms with Crippen LogP contribution in [-0.4, -0.2) is 24.2 Å². The summed E-state index contributed by atoms with van der Waals surface area (Å²) < 4.78 is 4.20. The summed E-state index contributed by atoms with van der Waals surface area (Å²) >= 11 is 0. The zero-order chi connectivity index (χ0) is 20.9. The van der Waals surface area contributed by atoms with Gasteiger partial charge in [0.1, 0.15) is 0 Å². The topological polar surface area (TPSA) is 89.6 Å². The third-order valence-electron chi connectivity index (χ3n) is 4.99. The van der Waals surface area contributed by atoms with Gasteiger partial charge in [0, 0.05) is 0 Å². The quantitative estimate of drug-likeness (QED) is 0.660. The first-order valence-electron chi connectivity index (χ1n) is 9.31. The maximum absolute atomic E-state index is 10.2. The van der Waals surface area contributed by atoms with E-state index >= 15 is 0 Å². The lowest BCUT2D eigenvalue weighted by molar-refractivity contribution is -0.145. The monoisotopic (exact) mass is 389 g/mol. The maximum atomic E-state index is 10.2. The third-order valence-corrected chi connectivity index (χ3v) is 4.99. The van der Waals surface area contributed by atoms with Gasteiger partial charge in [0.25, 0.3) is 0 Å². The van der Waals surface area contributed by atoms with Crippen LogP contribution in [0.2, 0.25) is 0 Å². The van der Waals surface area contributed by atoms with Crippen LogP contribution >= 0.6 is 0 Å². The minimum Gasteiger partial charge on any atom is -0.481 e. The van der Waals surface area contributed by atoms with Gasteiger partial charge in [0.2, 0.25) is 0 Å². The molecule has 0 aliphatic heterocycles. The third kappa shape index (κ3) is 4.05. The number of nitrogens with two attached hydrogens (primary N) is 1. The van der Waals surface area contributed by atoms with Crippen molar-refractivity contribution in [2.24, 2.45) is 5.73 Å². The summed E-state index contributed by atoms with van der Waals surface area (Å²) in [5.74, 6) is -1.47. The second-order valence-corrected chi connectivity index (χ2v) is 6.74. The fourth-order valence-corrected chi connectivity index (χ4v) is 3.59. The van der Waals surface area contributed by atoms with Crippen molar-refractivity contribution in [1.29, 1.82) is 0 Å². The number of esters is 1. The normalized spacial score (nSPS) is 12.8. The summed E-state index contributed by atoms with van der Waals surface area (Å²) in [5.41, 5.74) is 12.4. The number of hydrogen-bond donors (Lipinski definition) is 2. The molecule has 3 aromatic rings. The molecule has 0 bridgehead atoms. The molecule has 0 fully saturated rings. The first kappa shape index (κ1) is 20.3. The van der Waals surface area contributed by atoms with E-state index in [-0.39, 0.29) is 12.8 Å². The molecule has 3 N–H and O–H groups in total. The Kier molecular flexibility index (Phi) is 6.10. The molecule has 148 valence electrons. The SMILES string of the molecule is COC(=O)CCC(=O)O.NC1(c2ccccc2)c2ccccc2-c2ccccc21. The largest absolute Gasteiger partial charge is 0.481 e. The lowest BCUT2D eigenvalue weighted by Crippen LogP contribution is -2.37. The molecule has 0 amide bonds. The highest BCUT2D eigenvalue weighted by atomic mass is 16.5. The maximum Gasteiger partial charge on any atom is 0.306 e. The van der Waals surface area contributed by atoms with Crippen molar-refractivity contribution in [3.8, 4) is 11.1 Å². The molecule has 3 aromatic carbocycles. The number of carboxylic acid groups (broad SMARTS) is 1. The van der Waals surface area contributed by atoms with Crippen LogP contribution in [-0.2, 0) is 19.9 Å². The zero-order valence-electron chi connectivity index (χ0n) is 16.2. The number of carbonyl (C=O) groups is 2. The average molecular weight is 389 g/mol. The summed E-state index contributed by atoms with van der Waals surface area (Å²) in [4.78, 5) is 20.0. The Bertz CT molecular complexity index is 969. The van der Waals surface area contributed by atoms with E-state index in [2.05, 4.69) is 65.4 Å². The van der Waals surface area contributed by atoms with Crippen LogP contribution < -0.4 is 5.73 Å². The second-order valence-electron chi connectivity index (χ2n) is 6.74. The standard InChI is InChI=1S/C19H15N.C5H8O4/c20-19(14-8-2-1-3-9-14)17-12-6-4-10-15(17)16-11-5-7-13-18(16)19;1-9-5(8)3-2-4(6)7/h1-13H,20H2;2-3H2,1H3,(H,6,7). The van der Waals surface area contributed by atoms with Crippen LogP contribution in [0.3, 0.4) is 0 Å². The highest BCUT2D eigenvalue weighted by Gasteiger charge is 2.40. The Labute approximate surface area is 169 Å². The lowest BCUT2D eigenvalue weighted by atomic mass is 9.82. The van der Waals surface area contributed by atoms with Crippen molar-refractivity contribution in [1.82, 2.24) is 0 Å². The Morgan fingerprint density at radius 2 is 1.31 bits per heavy atom. The fraction of sp³-hybridized carbons (Fsp3) is 0.167. The summed E-state index contributed by atoms with van der Waals surface area (Å²) in [7, 11) is 1.23. The van der Waals surface area contributed by atoms with Crippen molar-refractivity contribution in [2.75, 3.05) is 7.11 Å². The molecule has 0 saturated carbocycles. The second kappa shape index (κ2) is 8.71. The van der Waals surface area contributed by atoms with Crippen molar-refractivity contribution in [3.05, 3.63) is 95.6 Å². The van der Waals surface area contributed by atoms with Crippen LogP contribution in [0, 0.1) is 0 Å². The summed E-state index contributed by atoms with van der Waals surface area (Å²) in [5, 5.41) is 8.05. The first-order chi connectivity index (χ1) is 14.0. The summed E-state index contributed by atoms with van der Waals surface area (Å²) in [6.07, 6.45) is -0.210. The van der Waals surface area contributed by atoms with Crippen molar-refractivity contribution in [3.63, 3.8) is 0 Å². The number of ether oxygens (including phenoxy) is 1. The van der Waals surface area contributed by atoms with Crippen molar-refractivity contribution in [2.45, 2.75) is 18.4 Å². The minimum absolute atomic E-state index is 0.0498. The first-order valence-corrected chi connectivity index (χ1v) is 9.31. The van der Waals surface area contributed by atoms with Gasteiger partial charge in [-0.1, -0.05) is 78.9 Å². The highest BCUT2D eigenvalue weighted by molar-refractivity contribution is 5.82. The van der Waals surface area contributed by atoms with Gasteiger partial charge in [-0.05, 0) is 27.8 Å². The number of fused-ring (bicyclic) bond motifs is 3. The summed E-state index contributed by atoms with van der Waals surface area (Å²) in [6.45, 7) is 0. The van der Waals surface area contributed by atoms with Gasteiger partial charge in [-0.15, -0.1) is 0 Å². The Morgan fingerprint density at radius 3 is 1.79 bits per heavy atom. The smallest absolute Gasteiger partial charge is 0.306 e. The molecule has 0 heterocycles. The van der Waals surface area contributed by atoms with Crippen LogP contribution in [0.25, 0.3) is 11.1 Å². The number of carbonyl (C=O) groups excluding carboxylic acids is 1. The van der Waals surface area contributed by atoms with Gasteiger partial charge < -0.3 is 15.6 Å². The number of aliphatic carboxylic acids is 1. The molecular formula is C24H23NO4. The molecule has 1 aliphatic rings. The van der Waals surface area contributed by atoms with Crippen molar-refractivity contribution >= 4 is 11.9 Å². The molecular weight excluding hydrogens is 366 g/mol. The van der Waals surface area contributed by atoms with E-state index in [9.17, 15) is 9.59 Å². The molecule has 29 heavy (non-hydrogen) atoms. The molecule has 0 saturated heterocycles. The van der Waals surface area contributed by atoms with Crippen LogP contribution in [0.15, 0.2) is 78.9 Å². The van der Waals surface area contributed by atoms with E-state index in [0.717, 1.165) is 5.56 Å². The van der Waals surface area contributed by atoms with Gasteiger partial charge in [-0.3, -0.25) is 9.59 Å². The van der Waals surface area contributed by atoms with Gasteiger partial charge in [0.15, 0.2) is 0 Å². The van der Waals surface area contributed by atoms with E-state index < -0.39 is 17.5 Å².